The van der Waals surface area contributed by atoms with Gasteiger partial charge in [0.05, 0.1) is 12.1 Å². The van der Waals surface area contributed by atoms with Gasteiger partial charge in [0.25, 0.3) is 0 Å². The Kier molecular flexibility index (Phi) is 4.66. The van der Waals surface area contributed by atoms with E-state index in [0.29, 0.717) is 6.54 Å². The van der Waals surface area contributed by atoms with Crippen LogP contribution in [0.4, 0.5) is 0 Å². The molecular formula is C9H16N2O5. The minimum Gasteiger partial charge on any atom is -0.480 e. The second-order valence-corrected chi connectivity index (χ2v) is 3.76. The molecule has 1 saturated heterocycles. The molecule has 7 nitrogen and oxygen atoms in total. The van der Waals surface area contributed by atoms with Crippen molar-refractivity contribution in [2.24, 2.45) is 0 Å². The Bertz CT molecular complexity index is 271. The molecule has 0 saturated carbocycles. The van der Waals surface area contributed by atoms with E-state index in [-0.39, 0.29) is 19.4 Å². The maximum atomic E-state index is 11.6. The summed E-state index contributed by atoms with van der Waals surface area (Å²) in [5.41, 5.74) is 0. The molecule has 1 rings (SSSR count). The minimum atomic E-state index is -1.18. The summed E-state index contributed by atoms with van der Waals surface area (Å²) in [5, 5.41) is 31.7. The normalized spacial score (nSPS) is 26.4. The van der Waals surface area contributed by atoms with Crippen molar-refractivity contribution in [1.82, 2.24) is 10.6 Å². The minimum absolute atomic E-state index is 0.0314. The highest BCUT2D eigenvalue weighted by Crippen LogP contribution is 2.06. The van der Waals surface area contributed by atoms with E-state index in [9.17, 15) is 14.7 Å². The molecule has 92 valence electrons. The monoisotopic (exact) mass is 232 g/mol. The van der Waals surface area contributed by atoms with Crippen LogP contribution in [0, 0.1) is 0 Å². The van der Waals surface area contributed by atoms with Gasteiger partial charge in [-0.05, 0) is 6.42 Å². The number of carboxylic acids is 1. The molecule has 3 atom stereocenters. The summed E-state index contributed by atoms with van der Waals surface area (Å²) in [5.74, 6) is -1.64. The topological polar surface area (TPSA) is 119 Å². The van der Waals surface area contributed by atoms with E-state index in [1.165, 1.54) is 0 Å². The number of aliphatic hydroxyl groups excluding tert-OH is 2. The van der Waals surface area contributed by atoms with Crippen molar-refractivity contribution < 1.29 is 24.9 Å². The summed E-state index contributed by atoms with van der Waals surface area (Å²) in [6.07, 6.45) is -0.329. The van der Waals surface area contributed by atoms with Gasteiger partial charge in [0.15, 0.2) is 0 Å². The molecule has 1 amide bonds. The predicted octanol–water partition coefficient (Wildman–Crippen LogP) is -2.34. The van der Waals surface area contributed by atoms with Gasteiger partial charge in [-0.15, -0.1) is 0 Å². The van der Waals surface area contributed by atoms with Crippen LogP contribution < -0.4 is 10.6 Å². The van der Waals surface area contributed by atoms with E-state index in [2.05, 4.69) is 10.6 Å². The molecule has 0 aliphatic carbocycles. The largest absolute Gasteiger partial charge is 0.480 e. The van der Waals surface area contributed by atoms with Gasteiger partial charge in [-0.1, -0.05) is 0 Å². The highest BCUT2D eigenvalue weighted by molar-refractivity contribution is 5.87. The van der Waals surface area contributed by atoms with Crippen molar-refractivity contribution in [3.05, 3.63) is 0 Å². The molecule has 0 aromatic carbocycles. The standard InChI is InChI=1S/C9H16N2O5/c12-2-1-6(9(15)16)11-8(14)7-3-5(13)4-10-7/h5-7,10,12-13H,1-4H2,(H,11,14)(H,15,16)/t5-,6+,7+/m1/s1. The lowest BCUT2D eigenvalue weighted by atomic mass is 10.1. The third-order valence-electron chi connectivity index (χ3n) is 2.46. The molecule has 0 spiro atoms. The number of hydrogen-bond acceptors (Lipinski definition) is 5. The van der Waals surface area contributed by atoms with Gasteiger partial charge in [-0.25, -0.2) is 4.79 Å². The van der Waals surface area contributed by atoms with Crippen LogP contribution in [0.3, 0.4) is 0 Å². The first-order valence-corrected chi connectivity index (χ1v) is 5.10. The maximum absolute atomic E-state index is 11.6. The number of hydrogen-bond donors (Lipinski definition) is 5. The molecular weight excluding hydrogens is 216 g/mol. The fraction of sp³-hybridized carbons (Fsp3) is 0.778. The number of rotatable bonds is 5. The molecule has 0 radical (unpaired) electrons. The third-order valence-corrected chi connectivity index (χ3v) is 2.46. The number of carbonyl (C=O) groups is 2. The number of β-amino-alcohol motifs (C(OH)–C–C–N with tert-alkyl or cyclic N) is 1. The predicted molar refractivity (Wildman–Crippen MR) is 53.7 cm³/mol. The van der Waals surface area contributed by atoms with Gasteiger partial charge in [0.2, 0.25) is 5.91 Å². The molecule has 0 bridgehead atoms. The molecule has 7 heteroatoms. The first-order chi connectivity index (χ1) is 7.54. The molecule has 1 fully saturated rings. The fourth-order valence-electron chi connectivity index (χ4n) is 1.58. The summed E-state index contributed by atoms with van der Waals surface area (Å²) in [7, 11) is 0. The molecule has 0 aromatic heterocycles. The summed E-state index contributed by atoms with van der Waals surface area (Å²) < 4.78 is 0. The second kappa shape index (κ2) is 5.78. The van der Waals surface area contributed by atoms with Crippen molar-refractivity contribution in [1.29, 1.82) is 0 Å². The zero-order valence-electron chi connectivity index (χ0n) is 8.72. The number of carbonyl (C=O) groups excluding carboxylic acids is 1. The van der Waals surface area contributed by atoms with E-state index in [1.54, 1.807) is 0 Å². The molecule has 5 N–H and O–H groups in total. The molecule has 1 aliphatic heterocycles. The van der Waals surface area contributed by atoms with E-state index in [0.717, 1.165) is 0 Å². The fourth-order valence-corrected chi connectivity index (χ4v) is 1.58. The zero-order chi connectivity index (χ0) is 12.1. The number of carboxylic acid groups (broad SMARTS) is 1. The van der Waals surface area contributed by atoms with Crippen LogP contribution in [0.2, 0.25) is 0 Å². The van der Waals surface area contributed by atoms with Crippen LogP contribution in [0.25, 0.3) is 0 Å². The molecule has 0 aromatic rings. The van der Waals surface area contributed by atoms with E-state index < -0.39 is 30.1 Å². The van der Waals surface area contributed by atoms with Gasteiger partial charge in [0, 0.05) is 19.6 Å². The van der Waals surface area contributed by atoms with Crippen molar-refractivity contribution in [3.63, 3.8) is 0 Å². The van der Waals surface area contributed by atoms with Gasteiger partial charge in [-0.3, -0.25) is 4.79 Å². The van der Waals surface area contributed by atoms with Crippen LogP contribution >= 0.6 is 0 Å². The third kappa shape index (κ3) is 3.44. The Balaban J connectivity index is 2.45. The molecule has 1 aliphatic rings. The lowest BCUT2D eigenvalue weighted by Crippen LogP contribution is -2.48. The second-order valence-electron chi connectivity index (χ2n) is 3.76. The van der Waals surface area contributed by atoms with E-state index in [1.807, 2.05) is 0 Å². The summed E-state index contributed by atoms with van der Waals surface area (Å²) in [6.45, 7) is 0.0216. The highest BCUT2D eigenvalue weighted by atomic mass is 16.4. The van der Waals surface area contributed by atoms with Gasteiger partial charge in [0.1, 0.15) is 6.04 Å². The molecule has 0 unspecified atom stereocenters. The first kappa shape index (κ1) is 12.9. The Morgan fingerprint density at radius 3 is 2.62 bits per heavy atom. The number of amides is 1. The maximum Gasteiger partial charge on any atom is 0.326 e. The molecule has 16 heavy (non-hydrogen) atoms. The van der Waals surface area contributed by atoms with Crippen LogP contribution in [-0.4, -0.2) is 58.5 Å². The highest BCUT2D eigenvalue weighted by Gasteiger charge is 2.30. The van der Waals surface area contributed by atoms with Gasteiger partial charge in [-0.2, -0.15) is 0 Å². The summed E-state index contributed by atoms with van der Waals surface area (Å²) >= 11 is 0. The van der Waals surface area contributed by atoms with Crippen molar-refractivity contribution in [3.8, 4) is 0 Å². The van der Waals surface area contributed by atoms with Gasteiger partial charge < -0.3 is 26.0 Å². The SMILES string of the molecule is O=C(O)[C@H](CCO)NC(=O)[C@@H]1C[C@@H](O)CN1. The quantitative estimate of drug-likeness (QED) is 0.362. The van der Waals surface area contributed by atoms with Gasteiger partial charge >= 0.3 is 5.97 Å². The lowest BCUT2D eigenvalue weighted by molar-refractivity contribution is -0.142. The van der Waals surface area contributed by atoms with E-state index >= 15 is 0 Å². The Labute approximate surface area is 92.5 Å². The number of aliphatic hydroxyl groups is 2. The lowest BCUT2D eigenvalue weighted by Gasteiger charge is -2.16. The Morgan fingerprint density at radius 2 is 2.19 bits per heavy atom. The number of aliphatic carboxylic acids is 1. The Hall–Kier alpha value is -1.18. The summed E-state index contributed by atoms with van der Waals surface area (Å²) in [4.78, 5) is 22.3. The first-order valence-electron chi connectivity index (χ1n) is 5.10. The van der Waals surface area contributed by atoms with Crippen LogP contribution in [0.15, 0.2) is 0 Å². The Morgan fingerprint density at radius 1 is 1.50 bits per heavy atom. The average Bonchev–Trinajstić information content (AvgIpc) is 2.64. The van der Waals surface area contributed by atoms with Crippen molar-refractivity contribution in [2.45, 2.75) is 31.0 Å². The van der Waals surface area contributed by atoms with Crippen molar-refractivity contribution >= 4 is 11.9 Å². The molecule has 1 heterocycles. The van der Waals surface area contributed by atoms with E-state index in [4.69, 9.17) is 10.2 Å². The van der Waals surface area contributed by atoms with Crippen LogP contribution in [0.1, 0.15) is 12.8 Å². The number of nitrogens with one attached hydrogen (secondary N) is 2. The van der Waals surface area contributed by atoms with Crippen LogP contribution in [0.5, 0.6) is 0 Å². The smallest absolute Gasteiger partial charge is 0.326 e. The van der Waals surface area contributed by atoms with Crippen molar-refractivity contribution in [2.75, 3.05) is 13.2 Å². The summed E-state index contributed by atoms with van der Waals surface area (Å²) in [6, 6.07) is -1.65. The average molecular weight is 232 g/mol. The van der Waals surface area contributed by atoms with Crippen LogP contribution in [-0.2, 0) is 9.59 Å². The zero-order valence-corrected chi connectivity index (χ0v) is 8.72.